The van der Waals surface area contributed by atoms with Crippen LogP contribution in [0.25, 0.3) is 0 Å². The number of rotatable bonds is 3. The molecule has 1 N–H and O–H groups in total. The van der Waals surface area contributed by atoms with Gasteiger partial charge in [0.25, 0.3) is 0 Å². The molecule has 3 rings (SSSR count). The molecule has 0 atom stereocenters. The van der Waals surface area contributed by atoms with E-state index >= 15 is 0 Å². The zero-order chi connectivity index (χ0) is 13.9. The van der Waals surface area contributed by atoms with Crippen molar-refractivity contribution in [2.24, 2.45) is 5.92 Å². The molecule has 0 saturated heterocycles. The second-order valence-corrected chi connectivity index (χ2v) is 6.37. The molecule has 4 heteroatoms. The van der Waals surface area contributed by atoms with Gasteiger partial charge in [0.05, 0.1) is 5.92 Å². The van der Waals surface area contributed by atoms with Gasteiger partial charge in [-0.2, -0.15) is 0 Å². The van der Waals surface area contributed by atoms with Crippen LogP contribution in [0, 0.1) is 5.92 Å². The van der Waals surface area contributed by atoms with Crippen LogP contribution in [0.4, 0.5) is 0 Å². The maximum Gasteiger partial charge on any atom is 0.306 e. The normalized spacial score (nSPS) is 28.4. The van der Waals surface area contributed by atoms with E-state index in [1.165, 1.54) is 37.9 Å². The molecule has 0 radical (unpaired) electrons. The van der Waals surface area contributed by atoms with E-state index in [0.29, 0.717) is 12.0 Å². The lowest BCUT2D eigenvalue weighted by Crippen LogP contribution is -2.24. The molecular formula is C16H24N2O2. The minimum atomic E-state index is -0.624. The van der Waals surface area contributed by atoms with Crippen LogP contribution in [0.15, 0.2) is 12.4 Å². The van der Waals surface area contributed by atoms with Crippen molar-refractivity contribution >= 4 is 5.97 Å². The molecule has 1 heterocycles. The van der Waals surface area contributed by atoms with E-state index in [1.807, 2.05) is 6.20 Å². The fraction of sp³-hybridized carbons (Fsp3) is 0.750. The van der Waals surface area contributed by atoms with Crippen LogP contribution in [0.3, 0.4) is 0 Å². The van der Waals surface area contributed by atoms with E-state index in [0.717, 1.165) is 25.7 Å². The highest BCUT2D eigenvalue weighted by molar-refractivity contribution is 5.70. The van der Waals surface area contributed by atoms with Crippen molar-refractivity contribution in [2.45, 2.75) is 69.7 Å². The monoisotopic (exact) mass is 276 g/mol. The van der Waals surface area contributed by atoms with Crippen LogP contribution < -0.4 is 0 Å². The van der Waals surface area contributed by atoms with Crippen LogP contribution in [0.5, 0.6) is 0 Å². The van der Waals surface area contributed by atoms with Crippen molar-refractivity contribution in [3.63, 3.8) is 0 Å². The highest BCUT2D eigenvalue weighted by atomic mass is 16.4. The highest BCUT2D eigenvalue weighted by Gasteiger charge is 2.29. The van der Waals surface area contributed by atoms with E-state index in [2.05, 4.69) is 15.7 Å². The summed E-state index contributed by atoms with van der Waals surface area (Å²) in [4.78, 5) is 15.7. The van der Waals surface area contributed by atoms with Crippen LogP contribution >= 0.6 is 0 Å². The van der Waals surface area contributed by atoms with Crippen molar-refractivity contribution in [2.75, 3.05) is 0 Å². The first kappa shape index (κ1) is 13.7. The van der Waals surface area contributed by atoms with Crippen LogP contribution in [-0.2, 0) is 4.79 Å². The molecule has 2 aliphatic rings. The Hall–Kier alpha value is -1.32. The van der Waals surface area contributed by atoms with Crippen molar-refractivity contribution < 1.29 is 9.90 Å². The number of nitrogens with zero attached hydrogens (tertiary/aromatic N) is 2. The number of carboxylic acids is 1. The number of hydrogen-bond acceptors (Lipinski definition) is 2. The number of imidazole rings is 1. The molecule has 4 nitrogen and oxygen atoms in total. The Morgan fingerprint density at radius 1 is 1.10 bits per heavy atom. The number of aromatic nitrogens is 2. The number of carboxylic acid groups (broad SMARTS) is 1. The Kier molecular flexibility index (Phi) is 4.08. The molecule has 0 amide bonds. The van der Waals surface area contributed by atoms with Crippen LogP contribution in [0.2, 0.25) is 0 Å². The summed E-state index contributed by atoms with van der Waals surface area (Å²) in [6.07, 6.45) is 14.1. The lowest BCUT2D eigenvalue weighted by molar-refractivity contribution is -0.143. The van der Waals surface area contributed by atoms with Gasteiger partial charge in [-0.05, 0) is 38.5 Å². The average Bonchev–Trinajstić information content (AvgIpc) is 2.97. The smallest absolute Gasteiger partial charge is 0.306 e. The van der Waals surface area contributed by atoms with E-state index in [9.17, 15) is 4.79 Å². The molecule has 0 aliphatic heterocycles. The van der Waals surface area contributed by atoms with Gasteiger partial charge in [-0.3, -0.25) is 4.79 Å². The molecule has 0 unspecified atom stereocenters. The third-order valence-corrected chi connectivity index (χ3v) is 5.11. The van der Waals surface area contributed by atoms with E-state index in [1.54, 1.807) is 0 Å². The Bertz CT molecular complexity index is 455. The van der Waals surface area contributed by atoms with Gasteiger partial charge in [0.2, 0.25) is 0 Å². The molecule has 0 spiro atoms. The second kappa shape index (κ2) is 5.98. The molecule has 110 valence electrons. The first-order valence-corrected chi connectivity index (χ1v) is 8.01. The van der Waals surface area contributed by atoms with Gasteiger partial charge >= 0.3 is 5.97 Å². The SMILES string of the molecule is O=C(O)C1CCC(n2ccnc2C2CCCCC2)CC1. The van der Waals surface area contributed by atoms with Gasteiger partial charge in [-0.1, -0.05) is 19.3 Å². The molecule has 20 heavy (non-hydrogen) atoms. The van der Waals surface area contributed by atoms with Crippen LogP contribution in [-0.4, -0.2) is 20.6 Å². The molecule has 1 aromatic rings. The maximum atomic E-state index is 11.0. The van der Waals surface area contributed by atoms with Crippen molar-refractivity contribution in [1.29, 1.82) is 0 Å². The highest BCUT2D eigenvalue weighted by Crippen LogP contribution is 2.37. The topological polar surface area (TPSA) is 55.1 Å². The number of aliphatic carboxylic acids is 1. The van der Waals surface area contributed by atoms with Gasteiger partial charge < -0.3 is 9.67 Å². The predicted octanol–water partition coefficient (Wildman–Crippen LogP) is 3.75. The summed E-state index contributed by atoms with van der Waals surface area (Å²) in [5.74, 6) is 1.12. The summed E-state index contributed by atoms with van der Waals surface area (Å²) >= 11 is 0. The van der Waals surface area contributed by atoms with E-state index < -0.39 is 5.97 Å². The Balaban J connectivity index is 1.69. The van der Waals surface area contributed by atoms with Gasteiger partial charge in [0, 0.05) is 24.4 Å². The Morgan fingerprint density at radius 3 is 2.45 bits per heavy atom. The lowest BCUT2D eigenvalue weighted by Gasteiger charge is -2.30. The zero-order valence-electron chi connectivity index (χ0n) is 12.0. The Morgan fingerprint density at radius 2 is 1.80 bits per heavy atom. The fourth-order valence-corrected chi connectivity index (χ4v) is 3.91. The molecule has 2 fully saturated rings. The summed E-state index contributed by atoms with van der Waals surface area (Å²) in [5.41, 5.74) is 0. The fourth-order valence-electron chi connectivity index (χ4n) is 3.91. The summed E-state index contributed by atoms with van der Waals surface area (Å²) in [6.45, 7) is 0. The standard InChI is InChI=1S/C16H24N2O2/c19-16(20)13-6-8-14(9-7-13)18-11-10-17-15(18)12-4-2-1-3-5-12/h10-14H,1-9H2,(H,19,20). The minimum Gasteiger partial charge on any atom is -0.481 e. The molecule has 2 saturated carbocycles. The molecule has 1 aromatic heterocycles. The predicted molar refractivity (Wildman–Crippen MR) is 76.7 cm³/mol. The lowest BCUT2D eigenvalue weighted by atomic mass is 9.85. The van der Waals surface area contributed by atoms with E-state index in [4.69, 9.17) is 5.11 Å². The third-order valence-electron chi connectivity index (χ3n) is 5.11. The van der Waals surface area contributed by atoms with Crippen molar-refractivity contribution in [1.82, 2.24) is 9.55 Å². The van der Waals surface area contributed by atoms with Gasteiger partial charge in [0.15, 0.2) is 0 Å². The van der Waals surface area contributed by atoms with Crippen molar-refractivity contribution in [3.05, 3.63) is 18.2 Å². The largest absolute Gasteiger partial charge is 0.481 e. The Labute approximate surface area is 120 Å². The van der Waals surface area contributed by atoms with Gasteiger partial charge in [0.1, 0.15) is 5.82 Å². The summed E-state index contributed by atoms with van der Waals surface area (Å²) in [5, 5.41) is 9.09. The second-order valence-electron chi connectivity index (χ2n) is 6.37. The van der Waals surface area contributed by atoms with Gasteiger partial charge in [-0.25, -0.2) is 4.98 Å². The van der Waals surface area contributed by atoms with E-state index in [-0.39, 0.29) is 5.92 Å². The molecular weight excluding hydrogens is 252 g/mol. The first-order chi connectivity index (χ1) is 9.75. The molecule has 0 bridgehead atoms. The zero-order valence-corrected chi connectivity index (χ0v) is 12.0. The van der Waals surface area contributed by atoms with Crippen LogP contribution in [0.1, 0.15) is 75.6 Å². The van der Waals surface area contributed by atoms with Crippen molar-refractivity contribution in [3.8, 4) is 0 Å². The number of carbonyl (C=O) groups is 1. The number of hydrogen-bond donors (Lipinski definition) is 1. The minimum absolute atomic E-state index is 0.132. The summed E-state index contributed by atoms with van der Waals surface area (Å²) in [7, 11) is 0. The summed E-state index contributed by atoms with van der Waals surface area (Å²) < 4.78 is 2.36. The maximum absolute atomic E-state index is 11.0. The summed E-state index contributed by atoms with van der Waals surface area (Å²) in [6, 6.07) is 0.463. The quantitative estimate of drug-likeness (QED) is 0.914. The third kappa shape index (κ3) is 2.74. The van der Waals surface area contributed by atoms with Gasteiger partial charge in [-0.15, -0.1) is 0 Å². The average molecular weight is 276 g/mol. The molecule has 0 aromatic carbocycles. The molecule has 2 aliphatic carbocycles. The first-order valence-electron chi connectivity index (χ1n) is 8.01.